The average Bonchev–Trinajstić information content (AvgIpc) is 2.80. The Hall–Kier alpha value is -1.92. The Kier molecular flexibility index (Phi) is 4.59. The molecule has 1 fully saturated rings. The van der Waals surface area contributed by atoms with Crippen LogP contribution in [0.4, 0.5) is 0 Å². The second kappa shape index (κ2) is 6.24. The molecule has 1 aliphatic rings. The van der Waals surface area contributed by atoms with Crippen LogP contribution >= 0.6 is 0 Å². The molecule has 7 heteroatoms. The Morgan fingerprint density at radius 3 is 2.71 bits per heavy atom. The molecule has 1 aromatic rings. The van der Waals surface area contributed by atoms with Gasteiger partial charge in [-0.15, -0.1) is 0 Å². The normalized spacial score (nSPS) is 19.0. The molecule has 1 atom stereocenters. The van der Waals surface area contributed by atoms with Crippen LogP contribution in [-0.2, 0) is 16.1 Å². The van der Waals surface area contributed by atoms with Gasteiger partial charge in [0, 0.05) is 31.8 Å². The Morgan fingerprint density at radius 1 is 1.43 bits per heavy atom. The Labute approximate surface area is 123 Å². The third-order valence-corrected chi connectivity index (χ3v) is 3.87. The number of amides is 1. The summed E-state index contributed by atoms with van der Waals surface area (Å²) in [5, 5.41) is 4.15. The molecule has 0 aromatic carbocycles. The molecule has 0 bridgehead atoms. The van der Waals surface area contributed by atoms with Gasteiger partial charge in [-0.25, -0.2) is 9.48 Å². The van der Waals surface area contributed by atoms with Crippen molar-refractivity contribution >= 4 is 11.7 Å². The molecule has 0 saturated carbocycles. The second-order valence-corrected chi connectivity index (χ2v) is 5.90. The summed E-state index contributed by atoms with van der Waals surface area (Å²) in [4.78, 5) is 39.8. The Morgan fingerprint density at radius 2 is 2.14 bits per heavy atom. The summed E-state index contributed by atoms with van der Waals surface area (Å²) >= 11 is 0. The number of aromatic nitrogens is 3. The lowest BCUT2D eigenvalue weighted by atomic mass is 9.93. The van der Waals surface area contributed by atoms with E-state index in [0.717, 1.165) is 12.8 Å². The summed E-state index contributed by atoms with van der Waals surface area (Å²) in [5.41, 5.74) is -0.355. The molecule has 1 saturated heterocycles. The zero-order chi connectivity index (χ0) is 15.6. The highest BCUT2D eigenvalue weighted by Crippen LogP contribution is 2.18. The van der Waals surface area contributed by atoms with Crippen LogP contribution < -0.4 is 5.69 Å². The van der Waals surface area contributed by atoms with Crippen LogP contribution in [0.1, 0.15) is 45.4 Å². The highest BCUT2D eigenvalue weighted by atomic mass is 16.2. The second-order valence-electron chi connectivity index (χ2n) is 5.90. The molecular formula is C14H22N4O3. The summed E-state index contributed by atoms with van der Waals surface area (Å²) in [6.07, 6.45) is 1.58. The van der Waals surface area contributed by atoms with Crippen LogP contribution in [0.25, 0.3) is 0 Å². The number of nitrogens with zero attached hydrogens (tertiary/aromatic N) is 3. The van der Waals surface area contributed by atoms with E-state index >= 15 is 0 Å². The number of rotatable bonds is 4. The first kappa shape index (κ1) is 15.5. The highest BCUT2D eigenvalue weighted by Gasteiger charge is 2.27. The van der Waals surface area contributed by atoms with E-state index in [1.165, 1.54) is 11.6 Å². The van der Waals surface area contributed by atoms with Crippen molar-refractivity contribution in [3.8, 4) is 0 Å². The van der Waals surface area contributed by atoms with Gasteiger partial charge in [-0.2, -0.15) is 5.10 Å². The molecule has 2 rings (SSSR count). The molecule has 7 nitrogen and oxygen atoms in total. The van der Waals surface area contributed by atoms with Gasteiger partial charge in [0.1, 0.15) is 12.4 Å². The van der Waals surface area contributed by atoms with Crippen LogP contribution in [0.15, 0.2) is 4.79 Å². The van der Waals surface area contributed by atoms with Crippen molar-refractivity contribution in [1.29, 1.82) is 0 Å². The SMILES string of the molecule is CC(=O)N1CCCC(C(=O)Cn2nc(C(C)C)[nH]c2=O)C1. The summed E-state index contributed by atoms with van der Waals surface area (Å²) in [7, 11) is 0. The van der Waals surface area contributed by atoms with E-state index in [0.29, 0.717) is 18.9 Å². The van der Waals surface area contributed by atoms with Crippen LogP contribution in [-0.4, -0.2) is 44.4 Å². The molecule has 0 aliphatic carbocycles. The minimum atomic E-state index is -0.355. The maximum Gasteiger partial charge on any atom is 0.343 e. The molecule has 1 aliphatic heterocycles. The summed E-state index contributed by atoms with van der Waals surface area (Å²) in [6.45, 7) is 6.49. The zero-order valence-corrected chi connectivity index (χ0v) is 12.8. The van der Waals surface area contributed by atoms with Crippen LogP contribution in [0.5, 0.6) is 0 Å². The fraction of sp³-hybridized carbons (Fsp3) is 0.714. The number of hydrogen-bond acceptors (Lipinski definition) is 4. The van der Waals surface area contributed by atoms with E-state index in [9.17, 15) is 14.4 Å². The summed E-state index contributed by atoms with van der Waals surface area (Å²) in [6, 6.07) is 0. The van der Waals surface area contributed by atoms with Crippen LogP contribution in [0.2, 0.25) is 0 Å². The molecule has 21 heavy (non-hydrogen) atoms. The molecule has 1 N–H and O–H groups in total. The predicted octanol–water partition coefficient (Wildman–Crippen LogP) is 0.522. The Balaban J connectivity index is 2.04. The zero-order valence-electron chi connectivity index (χ0n) is 12.8. The number of carbonyl (C=O) groups excluding carboxylic acids is 2. The number of aromatic amines is 1. The van der Waals surface area contributed by atoms with E-state index in [1.807, 2.05) is 13.8 Å². The molecule has 1 aromatic heterocycles. The van der Waals surface area contributed by atoms with Crippen LogP contribution in [0.3, 0.4) is 0 Å². The van der Waals surface area contributed by atoms with E-state index in [1.54, 1.807) is 4.90 Å². The summed E-state index contributed by atoms with van der Waals surface area (Å²) in [5.74, 6) is 0.448. The smallest absolute Gasteiger partial charge is 0.342 e. The number of nitrogens with one attached hydrogen (secondary N) is 1. The number of likely N-dealkylation sites (tertiary alicyclic amines) is 1. The van der Waals surface area contributed by atoms with Gasteiger partial charge >= 0.3 is 5.69 Å². The fourth-order valence-electron chi connectivity index (χ4n) is 2.54. The molecule has 2 heterocycles. The van der Waals surface area contributed by atoms with Crippen molar-refractivity contribution in [2.45, 2.75) is 46.1 Å². The van der Waals surface area contributed by atoms with Crippen molar-refractivity contribution in [2.24, 2.45) is 5.92 Å². The monoisotopic (exact) mass is 294 g/mol. The van der Waals surface area contributed by atoms with E-state index in [2.05, 4.69) is 10.1 Å². The van der Waals surface area contributed by atoms with E-state index in [4.69, 9.17) is 0 Å². The minimum Gasteiger partial charge on any atom is -0.342 e. The molecule has 1 amide bonds. The van der Waals surface area contributed by atoms with E-state index < -0.39 is 0 Å². The van der Waals surface area contributed by atoms with Gasteiger partial charge in [-0.3, -0.25) is 14.6 Å². The van der Waals surface area contributed by atoms with Crippen molar-refractivity contribution < 1.29 is 9.59 Å². The molecule has 0 spiro atoms. The summed E-state index contributed by atoms with van der Waals surface area (Å²) < 4.78 is 1.18. The number of Topliss-reactive ketones (excluding diaryl/α,β-unsaturated/α-hetero) is 1. The molecule has 1 unspecified atom stereocenters. The van der Waals surface area contributed by atoms with Crippen molar-refractivity contribution in [1.82, 2.24) is 19.7 Å². The number of H-pyrrole nitrogens is 1. The standard InChI is InChI=1S/C14H22N4O3/c1-9(2)13-15-14(21)18(16-13)8-12(20)11-5-4-6-17(7-11)10(3)19/h9,11H,4-8H2,1-3H3,(H,15,16,21). The Bertz CT molecular complexity index is 587. The van der Waals surface area contributed by atoms with Crippen molar-refractivity contribution in [3.05, 3.63) is 16.3 Å². The predicted molar refractivity (Wildman–Crippen MR) is 76.9 cm³/mol. The van der Waals surface area contributed by atoms with E-state index in [-0.39, 0.29) is 35.8 Å². The molecule has 116 valence electrons. The number of hydrogen-bond donors (Lipinski definition) is 1. The first-order valence-corrected chi connectivity index (χ1v) is 7.33. The topological polar surface area (TPSA) is 88.1 Å². The van der Waals surface area contributed by atoms with Gasteiger partial charge in [0.05, 0.1) is 0 Å². The molecule has 0 radical (unpaired) electrons. The minimum absolute atomic E-state index is 0.00784. The van der Waals surface area contributed by atoms with Gasteiger partial charge in [0.25, 0.3) is 0 Å². The van der Waals surface area contributed by atoms with Gasteiger partial charge < -0.3 is 4.90 Å². The van der Waals surface area contributed by atoms with Gasteiger partial charge in [0.2, 0.25) is 5.91 Å². The first-order chi connectivity index (χ1) is 9.88. The third-order valence-electron chi connectivity index (χ3n) is 3.87. The lowest BCUT2D eigenvalue weighted by Crippen LogP contribution is -2.42. The quantitative estimate of drug-likeness (QED) is 0.877. The lowest BCUT2D eigenvalue weighted by molar-refractivity contribution is -0.133. The molecular weight excluding hydrogens is 272 g/mol. The highest BCUT2D eigenvalue weighted by molar-refractivity contribution is 5.82. The fourth-order valence-corrected chi connectivity index (χ4v) is 2.54. The maximum atomic E-state index is 12.3. The maximum absolute atomic E-state index is 12.3. The van der Waals surface area contributed by atoms with Crippen molar-refractivity contribution in [2.75, 3.05) is 13.1 Å². The largest absolute Gasteiger partial charge is 0.343 e. The van der Waals surface area contributed by atoms with Gasteiger partial charge in [-0.05, 0) is 12.8 Å². The van der Waals surface area contributed by atoms with Gasteiger partial charge in [-0.1, -0.05) is 13.8 Å². The number of piperidine rings is 1. The van der Waals surface area contributed by atoms with Gasteiger partial charge in [0.15, 0.2) is 5.78 Å². The lowest BCUT2D eigenvalue weighted by Gasteiger charge is -2.31. The number of carbonyl (C=O) groups is 2. The van der Waals surface area contributed by atoms with Crippen LogP contribution in [0, 0.1) is 5.92 Å². The first-order valence-electron chi connectivity index (χ1n) is 7.33. The average molecular weight is 294 g/mol. The number of ketones is 1. The third kappa shape index (κ3) is 3.59. The van der Waals surface area contributed by atoms with Crippen molar-refractivity contribution in [3.63, 3.8) is 0 Å².